The molecule has 1 aliphatic carbocycles. The van der Waals surface area contributed by atoms with E-state index in [9.17, 15) is 23.3 Å². The number of rotatable bonds is 9. The van der Waals surface area contributed by atoms with Crippen molar-refractivity contribution >= 4 is 23.0 Å². The number of aromatic nitrogens is 5. The van der Waals surface area contributed by atoms with Gasteiger partial charge < -0.3 is 19.9 Å². The molecule has 252 valence electrons. The van der Waals surface area contributed by atoms with Gasteiger partial charge in [-0.1, -0.05) is 28.7 Å². The Morgan fingerprint density at radius 1 is 1.04 bits per heavy atom. The summed E-state index contributed by atoms with van der Waals surface area (Å²) >= 11 is 0. The van der Waals surface area contributed by atoms with Crippen molar-refractivity contribution in [3.05, 3.63) is 111 Å². The Hall–Kier alpha value is -5.63. The predicted molar refractivity (Wildman–Crippen MR) is 179 cm³/mol. The lowest BCUT2D eigenvalue weighted by Crippen LogP contribution is -2.45. The third-order valence-electron chi connectivity index (χ3n) is 8.91. The molecule has 2 aliphatic rings. The third-order valence-corrected chi connectivity index (χ3v) is 8.91. The van der Waals surface area contributed by atoms with Crippen molar-refractivity contribution in [2.75, 3.05) is 20.2 Å². The Kier molecular flexibility index (Phi) is 8.78. The van der Waals surface area contributed by atoms with Crippen molar-refractivity contribution < 1.29 is 18.4 Å². The van der Waals surface area contributed by atoms with E-state index in [1.807, 2.05) is 49.5 Å². The SMILES string of the molecule is CNCCOc1ccc(-c2cccc(-n3c(=O)n(C4CCC(NC(=O)c5cn6c(n5)C=CN(F)C6)CC4)c(=O)c4cc(F)cnc43)c2)cc1. The van der Waals surface area contributed by atoms with Crippen molar-refractivity contribution in [2.24, 2.45) is 0 Å². The lowest BCUT2D eigenvalue weighted by atomic mass is 9.90. The summed E-state index contributed by atoms with van der Waals surface area (Å²) in [5, 5.41) is 6.50. The molecule has 1 fully saturated rings. The molecular formula is C35H34F2N8O4. The van der Waals surface area contributed by atoms with E-state index in [0.29, 0.717) is 48.9 Å². The van der Waals surface area contributed by atoms with E-state index in [-0.39, 0.29) is 35.3 Å². The molecule has 0 saturated heterocycles. The van der Waals surface area contributed by atoms with Crippen molar-refractivity contribution in [1.82, 2.24) is 39.4 Å². The molecule has 1 amide bonds. The maximum Gasteiger partial charge on any atom is 0.337 e. The first-order valence-corrected chi connectivity index (χ1v) is 16.1. The molecule has 2 aromatic carbocycles. The number of nitrogens with one attached hydrogen (secondary N) is 2. The average molecular weight is 669 g/mol. The highest BCUT2D eigenvalue weighted by molar-refractivity contribution is 5.92. The average Bonchev–Trinajstić information content (AvgIpc) is 3.54. The Bertz CT molecular complexity index is 2170. The summed E-state index contributed by atoms with van der Waals surface area (Å²) < 4.78 is 37.9. The number of benzene rings is 2. The molecule has 0 atom stereocenters. The number of hydrogen-bond donors (Lipinski definition) is 2. The molecule has 12 nitrogen and oxygen atoms in total. The fraction of sp³-hybridized carbons (Fsp3) is 0.286. The topological polar surface area (TPSA) is 128 Å². The van der Waals surface area contributed by atoms with E-state index in [1.54, 1.807) is 6.07 Å². The van der Waals surface area contributed by atoms with Crippen molar-refractivity contribution in [2.45, 2.75) is 44.4 Å². The number of carbonyl (C=O) groups is 1. The molecular weight excluding hydrogens is 634 g/mol. The molecule has 1 aliphatic heterocycles. The Morgan fingerprint density at radius 2 is 1.84 bits per heavy atom. The van der Waals surface area contributed by atoms with E-state index in [2.05, 4.69) is 20.6 Å². The highest BCUT2D eigenvalue weighted by atomic mass is 19.2. The van der Waals surface area contributed by atoms with Crippen LogP contribution in [0.3, 0.4) is 0 Å². The van der Waals surface area contributed by atoms with Gasteiger partial charge in [-0.15, -0.1) is 0 Å². The third kappa shape index (κ3) is 6.46. The number of hydrogen-bond acceptors (Lipinski definition) is 8. The van der Waals surface area contributed by atoms with Crippen LogP contribution in [-0.4, -0.2) is 60.9 Å². The number of ether oxygens (including phenoxy) is 1. The van der Waals surface area contributed by atoms with E-state index in [4.69, 9.17) is 4.74 Å². The van der Waals surface area contributed by atoms with Crippen LogP contribution in [0.2, 0.25) is 0 Å². The summed E-state index contributed by atoms with van der Waals surface area (Å²) in [5.41, 5.74) is 1.25. The summed E-state index contributed by atoms with van der Waals surface area (Å²) in [7, 11) is 1.86. The fourth-order valence-corrected chi connectivity index (χ4v) is 6.44. The van der Waals surface area contributed by atoms with E-state index >= 15 is 0 Å². The van der Waals surface area contributed by atoms with Crippen LogP contribution in [0.5, 0.6) is 5.75 Å². The van der Waals surface area contributed by atoms with E-state index in [0.717, 1.165) is 35.7 Å². The number of likely N-dealkylation sites (N-methyl/N-ethyl adjacent to an activating group) is 1. The minimum atomic E-state index is -0.686. The summed E-state index contributed by atoms with van der Waals surface area (Å²) in [5.74, 6) is 0.146. The molecule has 4 heterocycles. The van der Waals surface area contributed by atoms with Gasteiger partial charge in [0, 0.05) is 31.0 Å². The monoisotopic (exact) mass is 668 g/mol. The molecule has 7 rings (SSSR count). The van der Waals surface area contributed by atoms with Gasteiger partial charge in [-0.3, -0.25) is 14.2 Å². The maximum absolute atomic E-state index is 14.5. The zero-order chi connectivity index (χ0) is 34.1. The number of fused-ring (bicyclic) bond motifs is 2. The summed E-state index contributed by atoms with van der Waals surface area (Å²) in [6.07, 6.45) is 7.07. The number of pyridine rings is 1. The smallest absolute Gasteiger partial charge is 0.337 e. The van der Waals surface area contributed by atoms with Gasteiger partial charge in [0.1, 0.15) is 36.4 Å². The maximum atomic E-state index is 14.5. The first-order chi connectivity index (χ1) is 23.8. The summed E-state index contributed by atoms with van der Waals surface area (Å²) in [4.78, 5) is 49.4. The second kappa shape index (κ2) is 13.5. The number of amides is 1. The Morgan fingerprint density at radius 3 is 2.61 bits per heavy atom. The molecule has 1 saturated carbocycles. The van der Waals surface area contributed by atoms with Gasteiger partial charge in [-0.25, -0.2) is 23.7 Å². The van der Waals surface area contributed by atoms with Gasteiger partial charge >= 0.3 is 5.69 Å². The molecule has 2 N–H and O–H groups in total. The van der Waals surface area contributed by atoms with Crippen molar-refractivity contribution in [3.63, 3.8) is 0 Å². The van der Waals surface area contributed by atoms with Crippen LogP contribution in [0.15, 0.2) is 82.8 Å². The van der Waals surface area contributed by atoms with Gasteiger partial charge in [-0.05, 0) is 80.3 Å². The van der Waals surface area contributed by atoms with Gasteiger partial charge in [0.15, 0.2) is 5.65 Å². The van der Waals surface area contributed by atoms with Gasteiger partial charge in [0.2, 0.25) is 0 Å². The minimum Gasteiger partial charge on any atom is -0.492 e. The standard InChI is InChI=1S/C35H34F2N8O4/c1-38-14-16-49-28-11-5-22(6-12-28)23-3-2-4-27(17-23)44-32-29(18-24(36)19-39-32)34(47)45(35(44)48)26-9-7-25(8-10-26)40-33(46)30-20-42-21-43(37)15-13-31(42)41-30/h2-6,11-13,15,17-20,25-26,38H,7-10,14,16,21H2,1H3,(H,40,46). The van der Waals surface area contributed by atoms with Crippen LogP contribution in [0.1, 0.15) is 48.0 Å². The molecule has 0 radical (unpaired) electrons. The molecule has 3 aromatic heterocycles. The second-order valence-electron chi connectivity index (χ2n) is 12.1. The van der Waals surface area contributed by atoms with Gasteiger partial charge in [0.25, 0.3) is 11.5 Å². The fourth-order valence-electron chi connectivity index (χ4n) is 6.44. The molecule has 0 unspecified atom stereocenters. The molecule has 14 heteroatoms. The zero-order valence-corrected chi connectivity index (χ0v) is 26.7. The van der Waals surface area contributed by atoms with Crippen LogP contribution in [0.25, 0.3) is 33.9 Å². The van der Waals surface area contributed by atoms with Gasteiger partial charge in [0.05, 0.1) is 17.3 Å². The number of carbonyl (C=O) groups excluding carboxylic acids is 1. The highest BCUT2D eigenvalue weighted by Crippen LogP contribution is 2.29. The van der Waals surface area contributed by atoms with Crippen LogP contribution in [0.4, 0.5) is 8.87 Å². The Labute approximate surface area is 279 Å². The van der Waals surface area contributed by atoms with E-state index < -0.39 is 23.1 Å². The van der Waals surface area contributed by atoms with Crippen LogP contribution in [-0.2, 0) is 6.67 Å². The summed E-state index contributed by atoms with van der Waals surface area (Å²) in [6.45, 7) is 1.20. The molecule has 5 aromatic rings. The first kappa shape index (κ1) is 31.9. The first-order valence-electron chi connectivity index (χ1n) is 16.1. The van der Waals surface area contributed by atoms with Crippen LogP contribution in [0, 0.1) is 5.82 Å². The number of imidazole rings is 1. The zero-order valence-electron chi connectivity index (χ0n) is 26.7. The molecule has 0 spiro atoms. The van der Waals surface area contributed by atoms with Crippen LogP contribution < -0.4 is 26.6 Å². The van der Waals surface area contributed by atoms with Crippen molar-refractivity contribution in [1.29, 1.82) is 0 Å². The normalized spacial score (nSPS) is 17.2. The predicted octanol–water partition coefficient (Wildman–Crippen LogP) is 4.19. The Balaban J connectivity index is 1.15. The van der Waals surface area contributed by atoms with E-state index in [1.165, 1.54) is 32.2 Å². The van der Waals surface area contributed by atoms with Crippen molar-refractivity contribution in [3.8, 4) is 22.6 Å². The number of halogens is 2. The van der Waals surface area contributed by atoms with Gasteiger partial charge in [-0.2, -0.15) is 5.12 Å². The lowest BCUT2D eigenvalue weighted by molar-refractivity contribution is 0.0492. The van der Waals surface area contributed by atoms with Crippen LogP contribution >= 0.6 is 0 Å². The summed E-state index contributed by atoms with van der Waals surface area (Å²) in [6, 6.07) is 15.3. The highest BCUT2D eigenvalue weighted by Gasteiger charge is 2.29. The second-order valence-corrected chi connectivity index (χ2v) is 12.1. The minimum absolute atomic E-state index is 0.00635. The molecule has 0 bridgehead atoms. The number of nitrogens with zero attached hydrogens (tertiary/aromatic N) is 6. The quantitative estimate of drug-likeness (QED) is 0.177. The molecule has 49 heavy (non-hydrogen) atoms. The largest absolute Gasteiger partial charge is 0.492 e. The lowest BCUT2D eigenvalue weighted by Gasteiger charge is -2.30.